The van der Waals surface area contributed by atoms with Crippen LogP contribution in [0.3, 0.4) is 0 Å². The van der Waals surface area contributed by atoms with Crippen LogP contribution >= 0.6 is 11.8 Å². The third kappa shape index (κ3) is 13.5. The maximum Gasteiger partial charge on any atom is 0.326 e. The van der Waals surface area contributed by atoms with Gasteiger partial charge in [-0.05, 0) is 67.7 Å². The summed E-state index contributed by atoms with van der Waals surface area (Å²) >= 11 is 1.45. The number of hydrogen-bond donors (Lipinski definition) is 8. The summed E-state index contributed by atoms with van der Waals surface area (Å²) in [6.07, 6.45) is 2.96. The number of nitrogens with two attached hydrogens (primary N) is 3. The van der Waals surface area contributed by atoms with Gasteiger partial charge in [0.05, 0.1) is 6.04 Å². The molecule has 0 saturated heterocycles. The first-order valence-electron chi connectivity index (χ1n) is 13.1. The predicted molar refractivity (Wildman–Crippen MR) is 156 cm³/mol. The van der Waals surface area contributed by atoms with Gasteiger partial charge in [0.25, 0.3) is 0 Å². The lowest BCUT2D eigenvalue weighted by Crippen LogP contribution is -2.57. The van der Waals surface area contributed by atoms with Gasteiger partial charge in [-0.3, -0.25) is 19.4 Å². The normalized spacial score (nSPS) is 13.9. The SMILES string of the molecule is CSCCC(NC(=O)C(CCCN=C(N)N)NC(=O)C(CC(C)C)NC(=O)C(N)Cc1ccc(O)cc1)C(=O)O. The zero-order chi connectivity index (χ0) is 30.2. The first-order chi connectivity index (χ1) is 18.8. The average molecular weight is 582 g/mol. The Hall–Kier alpha value is -3.52. The van der Waals surface area contributed by atoms with Gasteiger partial charge in [0.2, 0.25) is 17.7 Å². The Kier molecular flexibility index (Phi) is 15.5. The fraction of sp³-hybridized carbons (Fsp3) is 0.577. The second-order valence-electron chi connectivity index (χ2n) is 9.86. The van der Waals surface area contributed by atoms with E-state index >= 15 is 0 Å². The van der Waals surface area contributed by atoms with Gasteiger partial charge < -0.3 is 43.4 Å². The second-order valence-corrected chi connectivity index (χ2v) is 10.8. The molecule has 1 rings (SSSR count). The molecule has 0 aliphatic rings. The van der Waals surface area contributed by atoms with Crippen molar-refractivity contribution in [3.63, 3.8) is 0 Å². The summed E-state index contributed by atoms with van der Waals surface area (Å²) in [5.74, 6) is -2.48. The predicted octanol–water partition coefficient (Wildman–Crippen LogP) is -0.346. The average Bonchev–Trinajstić information content (AvgIpc) is 2.88. The van der Waals surface area contributed by atoms with E-state index in [0.29, 0.717) is 12.2 Å². The van der Waals surface area contributed by atoms with Crippen LogP contribution in [-0.4, -0.2) is 82.6 Å². The molecule has 0 bridgehead atoms. The Labute approximate surface area is 239 Å². The highest BCUT2D eigenvalue weighted by Gasteiger charge is 2.30. The molecule has 14 heteroatoms. The van der Waals surface area contributed by atoms with Crippen molar-refractivity contribution in [1.29, 1.82) is 0 Å². The number of aliphatic carboxylic acids is 1. The second kappa shape index (κ2) is 17.9. The van der Waals surface area contributed by atoms with E-state index in [4.69, 9.17) is 17.2 Å². The molecule has 0 aromatic heterocycles. The summed E-state index contributed by atoms with van der Waals surface area (Å²) in [6, 6.07) is 2.12. The van der Waals surface area contributed by atoms with Gasteiger partial charge in [-0.2, -0.15) is 11.8 Å². The Balaban J connectivity index is 3.01. The standard InChI is InChI=1S/C26H43N7O6S/c1-15(2)13-21(33-22(35)18(27)14-16-6-8-17(34)9-7-16)24(37)31-19(5-4-11-30-26(28)29)23(36)32-20(25(38)39)10-12-40-3/h6-9,15,18-21,34H,4-5,10-14,27H2,1-3H3,(H,31,37)(H,32,36)(H,33,35)(H,38,39)(H4,28,29,30). The van der Waals surface area contributed by atoms with E-state index < -0.39 is 47.9 Å². The van der Waals surface area contributed by atoms with Crippen LogP contribution in [0.25, 0.3) is 0 Å². The quantitative estimate of drug-likeness (QED) is 0.0637. The topological polar surface area (TPSA) is 235 Å². The van der Waals surface area contributed by atoms with Crippen LogP contribution in [0, 0.1) is 5.92 Å². The number of aliphatic imine (C=N–C) groups is 1. The van der Waals surface area contributed by atoms with Crippen molar-refractivity contribution in [2.24, 2.45) is 28.1 Å². The first-order valence-corrected chi connectivity index (χ1v) is 14.4. The lowest BCUT2D eigenvalue weighted by atomic mass is 10.0. The van der Waals surface area contributed by atoms with E-state index in [2.05, 4.69) is 20.9 Å². The summed E-state index contributed by atoms with van der Waals surface area (Å²) in [7, 11) is 0. The van der Waals surface area contributed by atoms with Crippen LogP contribution in [0.2, 0.25) is 0 Å². The smallest absolute Gasteiger partial charge is 0.326 e. The highest BCUT2D eigenvalue weighted by molar-refractivity contribution is 7.98. The molecule has 0 radical (unpaired) electrons. The van der Waals surface area contributed by atoms with Gasteiger partial charge >= 0.3 is 5.97 Å². The van der Waals surface area contributed by atoms with E-state index in [1.807, 2.05) is 20.1 Å². The van der Waals surface area contributed by atoms with Gasteiger partial charge in [-0.25, -0.2) is 4.79 Å². The lowest BCUT2D eigenvalue weighted by Gasteiger charge is -2.26. The van der Waals surface area contributed by atoms with Crippen LogP contribution in [0.4, 0.5) is 0 Å². The number of carboxylic acid groups (broad SMARTS) is 1. The molecule has 0 aliphatic heterocycles. The Morgan fingerprint density at radius 3 is 2.05 bits per heavy atom. The number of thioether (sulfide) groups is 1. The number of carbonyl (C=O) groups excluding carboxylic acids is 3. The number of carboxylic acids is 1. The first kappa shape index (κ1) is 34.5. The third-order valence-electron chi connectivity index (χ3n) is 5.87. The summed E-state index contributed by atoms with van der Waals surface area (Å²) < 4.78 is 0. The summed E-state index contributed by atoms with van der Waals surface area (Å²) in [5.41, 5.74) is 17.5. The zero-order valence-corrected chi connectivity index (χ0v) is 24.1. The summed E-state index contributed by atoms with van der Waals surface area (Å²) in [6.45, 7) is 3.96. The van der Waals surface area contributed by atoms with E-state index in [1.165, 1.54) is 23.9 Å². The number of nitrogens with zero attached hydrogens (tertiary/aromatic N) is 1. The largest absolute Gasteiger partial charge is 0.508 e. The molecule has 224 valence electrons. The number of phenols is 1. The van der Waals surface area contributed by atoms with E-state index in [9.17, 15) is 29.4 Å². The highest BCUT2D eigenvalue weighted by Crippen LogP contribution is 2.12. The van der Waals surface area contributed by atoms with Gasteiger partial charge in [-0.1, -0.05) is 26.0 Å². The molecule has 0 saturated carbocycles. The number of benzene rings is 1. The molecule has 1 aromatic carbocycles. The van der Waals surface area contributed by atoms with Gasteiger partial charge in [0.1, 0.15) is 23.9 Å². The minimum absolute atomic E-state index is 0.0152. The van der Waals surface area contributed by atoms with Gasteiger partial charge in [0, 0.05) is 6.54 Å². The third-order valence-corrected chi connectivity index (χ3v) is 6.52. The number of phenolic OH excluding ortho intramolecular Hbond substituents is 1. The molecule has 11 N–H and O–H groups in total. The molecule has 4 atom stereocenters. The molecule has 3 amide bonds. The van der Waals surface area contributed by atoms with Crippen LogP contribution in [-0.2, 0) is 25.6 Å². The van der Waals surface area contributed by atoms with E-state index in [-0.39, 0.29) is 49.9 Å². The monoisotopic (exact) mass is 581 g/mol. The van der Waals surface area contributed by atoms with Crippen molar-refractivity contribution < 1.29 is 29.4 Å². The number of rotatable bonds is 18. The molecule has 40 heavy (non-hydrogen) atoms. The minimum Gasteiger partial charge on any atom is -0.508 e. The van der Waals surface area contributed by atoms with Crippen LogP contribution in [0.5, 0.6) is 5.75 Å². The molecule has 0 fully saturated rings. The van der Waals surface area contributed by atoms with E-state index in [1.54, 1.807) is 12.1 Å². The fourth-order valence-electron chi connectivity index (χ4n) is 3.77. The number of guanidine groups is 1. The van der Waals surface area contributed by atoms with Crippen molar-refractivity contribution in [3.05, 3.63) is 29.8 Å². The summed E-state index contributed by atoms with van der Waals surface area (Å²) in [4.78, 5) is 54.8. The molecule has 0 spiro atoms. The number of nitrogens with one attached hydrogen (secondary N) is 3. The Bertz CT molecular complexity index is 1000. The van der Waals surface area contributed by atoms with Gasteiger partial charge in [-0.15, -0.1) is 0 Å². The molecular weight excluding hydrogens is 538 g/mol. The van der Waals surface area contributed by atoms with E-state index in [0.717, 1.165) is 5.56 Å². The van der Waals surface area contributed by atoms with Crippen LogP contribution in [0.15, 0.2) is 29.3 Å². The Morgan fingerprint density at radius 2 is 1.50 bits per heavy atom. The van der Waals surface area contributed by atoms with Crippen molar-refractivity contribution >= 4 is 41.4 Å². The maximum atomic E-state index is 13.3. The molecule has 13 nitrogen and oxygen atoms in total. The minimum atomic E-state index is -1.18. The number of aromatic hydroxyl groups is 1. The molecular formula is C26H43N7O6S. The molecule has 1 aromatic rings. The van der Waals surface area contributed by atoms with Crippen molar-refractivity contribution in [2.45, 2.75) is 70.1 Å². The van der Waals surface area contributed by atoms with Crippen LogP contribution in [0.1, 0.15) is 45.1 Å². The van der Waals surface area contributed by atoms with Crippen molar-refractivity contribution in [1.82, 2.24) is 16.0 Å². The van der Waals surface area contributed by atoms with Crippen molar-refractivity contribution in [3.8, 4) is 5.75 Å². The lowest BCUT2D eigenvalue weighted by molar-refractivity contribution is -0.142. The van der Waals surface area contributed by atoms with Gasteiger partial charge in [0.15, 0.2) is 5.96 Å². The molecule has 0 aliphatic carbocycles. The fourth-order valence-corrected chi connectivity index (χ4v) is 4.24. The molecule has 4 unspecified atom stereocenters. The van der Waals surface area contributed by atoms with Crippen LogP contribution < -0.4 is 33.2 Å². The molecule has 0 heterocycles. The van der Waals surface area contributed by atoms with Crippen molar-refractivity contribution in [2.75, 3.05) is 18.6 Å². The number of amides is 3. The number of hydrogen-bond acceptors (Lipinski definition) is 8. The summed E-state index contributed by atoms with van der Waals surface area (Å²) in [5, 5.41) is 26.8. The number of carbonyl (C=O) groups is 4. The maximum absolute atomic E-state index is 13.3. The highest BCUT2D eigenvalue weighted by atomic mass is 32.2. The zero-order valence-electron chi connectivity index (χ0n) is 23.3. The Morgan fingerprint density at radius 1 is 0.925 bits per heavy atom.